The molecule has 1 atom stereocenters. The lowest BCUT2D eigenvalue weighted by Gasteiger charge is -2.26. The van der Waals surface area contributed by atoms with Crippen molar-refractivity contribution >= 4 is 49.1 Å². The van der Waals surface area contributed by atoms with E-state index in [9.17, 15) is 4.79 Å². The van der Waals surface area contributed by atoms with Crippen molar-refractivity contribution in [2.24, 2.45) is 0 Å². The molecule has 0 unspecified atom stereocenters. The van der Waals surface area contributed by atoms with Crippen LogP contribution in [0, 0.1) is 0 Å². The van der Waals surface area contributed by atoms with Gasteiger partial charge < -0.3 is 14.8 Å². The molecule has 1 aliphatic heterocycles. The van der Waals surface area contributed by atoms with Gasteiger partial charge in [0, 0.05) is 4.47 Å². The summed E-state index contributed by atoms with van der Waals surface area (Å²) in [7, 11) is 0. The van der Waals surface area contributed by atoms with Gasteiger partial charge in [-0.25, -0.2) is 0 Å². The van der Waals surface area contributed by atoms with Crippen LogP contribution in [-0.4, -0.2) is 25.2 Å². The van der Waals surface area contributed by atoms with Crippen molar-refractivity contribution in [3.8, 4) is 11.5 Å². The number of hydrogen-bond donors (Lipinski definition) is 1. The van der Waals surface area contributed by atoms with Gasteiger partial charge in [0.25, 0.3) is 5.91 Å². The van der Waals surface area contributed by atoms with E-state index in [0.717, 1.165) is 14.0 Å². The molecule has 0 bridgehead atoms. The maximum absolute atomic E-state index is 12.1. The van der Waals surface area contributed by atoms with E-state index < -0.39 is 0 Å². The molecule has 0 saturated heterocycles. The van der Waals surface area contributed by atoms with Gasteiger partial charge in [0.2, 0.25) is 0 Å². The molecule has 1 aromatic heterocycles. The number of nitrogens with one attached hydrogen (secondary N) is 1. The van der Waals surface area contributed by atoms with E-state index in [-0.39, 0.29) is 12.0 Å². The fraction of sp³-hybridized carbons (Fsp3) is 0.214. The van der Waals surface area contributed by atoms with Gasteiger partial charge in [-0.05, 0) is 50.1 Å². The molecule has 4 nitrogen and oxygen atoms in total. The number of benzene rings is 1. The third kappa shape index (κ3) is 3.41. The highest BCUT2D eigenvalue weighted by molar-refractivity contribution is 9.13. The molecule has 3 rings (SSSR count). The molecule has 2 aromatic rings. The third-order valence-electron chi connectivity index (χ3n) is 2.93. The fourth-order valence-corrected chi connectivity index (χ4v) is 3.87. The van der Waals surface area contributed by atoms with Crippen molar-refractivity contribution in [2.75, 3.05) is 13.2 Å². The zero-order valence-electron chi connectivity index (χ0n) is 10.8. The highest BCUT2D eigenvalue weighted by Crippen LogP contribution is 2.32. The van der Waals surface area contributed by atoms with Crippen molar-refractivity contribution < 1.29 is 14.3 Å². The van der Waals surface area contributed by atoms with Crippen LogP contribution in [0.5, 0.6) is 11.5 Å². The normalized spacial score (nSPS) is 16.6. The summed E-state index contributed by atoms with van der Waals surface area (Å²) in [5, 5.41) is 2.86. The summed E-state index contributed by atoms with van der Waals surface area (Å²) in [6.45, 7) is 0.829. The summed E-state index contributed by atoms with van der Waals surface area (Å²) in [6, 6.07) is 9.31. The Morgan fingerprint density at radius 1 is 1.33 bits per heavy atom. The first kappa shape index (κ1) is 14.9. The van der Waals surface area contributed by atoms with Crippen LogP contribution in [0.25, 0.3) is 0 Å². The van der Waals surface area contributed by atoms with Crippen LogP contribution >= 0.6 is 43.2 Å². The van der Waals surface area contributed by atoms with Gasteiger partial charge in [-0.3, -0.25) is 4.79 Å². The summed E-state index contributed by atoms with van der Waals surface area (Å²) in [5.74, 6) is 1.34. The highest BCUT2D eigenvalue weighted by atomic mass is 79.9. The molecular formula is C14H11Br2NO3S. The maximum Gasteiger partial charge on any atom is 0.261 e. The van der Waals surface area contributed by atoms with Crippen LogP contribution in [-0.2, 0) is 0 Å². The molecular weight excluding hydrogens is 422 g/mol. The molecule has 21 heavy (non-hydrogen) atoms. The smallest absolute Gasteiger partial charge is 0.261 e. The summed E-state index contributed by atoms with van der Waals surface area (Å²) in [4.78, 5) is 12.7. The van der Waals surface area contributed by atoms with E-state index in [1.807, 2.05) is 24.3 Å². The fourth-order valence-electron chi connectivity index (χ4n) is 1.92. The molecule has 1 aromatic carbocycles. The molecule has 110 valence electrons. The van der Waals surface area contributed by atoms with Crippen molar-refractivity contribution in [2.45, 2.75) is 6.10 Å². The van der Waals surface area contributed by atoms with Crippen molar-refractivity contribution in [3.05, 3.63) is 43.5 Å². The van der Waals surface area contributed by atoms with Crippen LogP contribution in [0.15, 0.2) is 38.6 Å². The monoisotopic (exact) mass is 431 g/mol. The number of carbonyl (C=O) groups is 1. The van der Waals surface area contributed by atoms with Crippen LogP contribution in [0.2, 0.25) is 0 Å². The average molecular weight is 433 g/mol. The number of thiophene rings is 1. The van der Waals surface area contributed by atoms with Crippen LogP contribution in [0.4, 0.5) is 0 Å². The Balaban J connectivity index is 1.58. The molecule has 0 radical (unpaired) electrons. The minimum atomic E-state index is -0.185. The second-order valence-corrected chi connectivity index (χ2v) is 7.66. The minimum Gasteiger partial charge on any atom is -0.486 e. The van der Waals surface area contributed by atoms with Crippen LogP contribution in [0.3, 0.4) is 0 Å². The summed E-state index contributed by atoms with van der Waals surface area (Å²) in [6.07, 6.45) is -0.185. The second kappa shape index (κ2) is 6.37. The first-order valence-corrected chi connectivity index (χ1v) is 8.65. The minimum absolute atomic E-state index is 0.117. The zero-order valence-corrected chi connectivity index (χ0v) is 14.8. The number of rotatable bonds is 3. The molecule has 2 heterocycles. The van der Waals surface area contributed by atoms with Crippen molar-refractivity contribution in [3.63, 3.8) is 0 Å². The largest absolute Gasteiger partial charge is 0.486 e. The van der Waals surface area contributed by atoms with Gasteiger partial charge in [0.1, 0.15) is 12.7 Å². The number of ether oxygens (including phenoxy) is 2. The predicted octanol–water partition coefficient (Wildman–Crippen LogP) is 3.84. The zero-order chi connectivity index (χ0) is 14.8. The average Bonchev–Trinajstić information content (AvgIpc) is 2.84. The van der Waals surface area contributed by atoms with Crippen LogP contribution in [0.1, 0.15) is 9.67 Å². The number of carbonyl (C=O) groups excluding carboxylic acids is 1. The third-order valence-corrected chi connectivity index (χ3v) is 6.18. The molecule has 7 heteroatoms. The molecule has 0 fully saturated rings. The standard InChI is InChI=1S/C14H11Br2NO3S/c15-9-5-12(21-13(9)16)14(18)17-6-8-7-19-10-3-1-2-4-11(10)20-8/h1-5,8H,6-7H2,(H,17,18)/t8-/m1/s1. The van der Waals surface area contributed by atoms with Gasteiger partial charge in [0.15, 0.2) is 11.5 Å². The van der Waals surface area contributed by atoms with Gasteiger partial charge in [-0.2, -0.15) is 0 Å². The summed E-state index contributed by atoms with van der Waals surface area (Å²) >= 11 is 8.13. The van der Waals surface area contributed by atoms with E-state index in [0.29, 0.717) is 23.8 Å². The molecule has 0 saturated carbocycles. The predicted molar refractivity (Wildman–Crippen MR) is 88.4 cm³/mol. The van der Waals surface area contributed by atoms with Crippen LogP contribution < -0.4 is 14.8 Å². The molecule has 1 N–H and O–H groups in total. The molecule has 1 amide bonds. The second-order valence-electron chi connectivity index (χ2n) is 4.44. The number of hydrogen-bond acceptors (Lipinski definition) is 4. The molecule has 0 spiro atoms. The lowest BCUT2D eigenvalue weighted by Crippen LogP contribution is -2.40. The van der Waals surface area contributed by atoms with Gasteiger partial charge in [-0.1, -0.05) is 12.1 Å². The van der Waals surface area contributed by atoms with E-state index in [1.54, 1.807) is 6.07 Å². The number of amides is 1. The lowest BCUT2D eigenvalue weighted by atomic mass is 10.2. The quantitative estimate of drug-likeness (QED) is 0.801. The molecule has 1 aliphatic rings. The Labute approximate surface area is 142 Å². The Bertz CT molecular complexity index is 654. The Morgan fingerprint density at radius 2 is 2.10 bits per heavy atom. The number of halogens is 2. The van der Waals surface area contributed by atoms with Gasteiger partial charge in [-0.15, -0.1) is 11.3 Å². The summed E-state index contributed by atoms with van der Waals surface area (Å²) < 4.78 is 13.2. The Hall–Kier alpha value is -1.05. The van der Waals surface area contributed by atoms with E-state index in [1.165, 1.54) is 11.3 Å². The number of fused-ring (bicyclic) bond motifs is 1. The lowest BCUT2D eigenvalue weighted by molar-refractivity contribution is 0.0791. The number of para-hydroxylation sites is 2. The Morgan fingerprint density at radius 3 is 2.81 bits per heavy atom. The van der Waals surface area contributed by atoms with E-state index in [4.69, 9.17) is 9.47 Å². The van der Waals surface area contributed by atoms with Gasteiger partial charge in [0.05, 0.1) is 15.2 Å². The van der Waals surface area contributed by atoms with Gasteiger partial charge >= 0.3 is 0 Å². The first-order chi connectivity index (χ1) is 10.1. The maximum atomic E-state index is 12.1. The Kier molecular flexibility index (Phi) is 4.51. The molecule has 0 aliphatic carbocycles. The first-order valence-electron chi connectivity index (χ1n) is 6.25. The highest BCUT2D eigenvalue weighted by Gasteiger charge is 2.21. The SMILES string of the molecule is O=C(NC[C@@H]1COc2ccccc2O1)c1cc(Br)c(Br)s1. The van der Waals surface area contributed by atoms with E-state index in [2.05, 4.69) is 37.2 Å². The topological polar surface area (TPSA) is 47.6 Å². The van der Waals surface area contributed by atoms with E-state index >= 15 is 0 Å². The van der Waals surface area contributed by atoms with Crippen molar-refractivity contribution in [1.82, 2.24) is 5.32 Å². The summed E-state index contributed by atoms with van der Waals surface area (Å²) in [5.41, 5.74) is 0. The van der Waals surface area contributed by atoms with Crippen molar-refractivity contribution in [1.29, 1.82) is 0 Å².